The quantitative estimate of drug-likeness (QED) is 0.470. The fraction of sp³-hybridized carbons (Fsp3) is 0.393. The number of carbonyl (C=O) groups is 1. The molecule has 0 bridgehead atoms. The molecule has 3 heterocycles. The highest BCUT2D eigenvalue weighted by atomic mass is 19.1. The van der Waals surface area contributed by atoms with E-state index in [0.29, 0.717) is 25.2 Å². The van der Waals surface area contributed by atoms with Crippen LogP contribution in [0.1, 0.15) is 43.6 Å². The number of para-hydroxylation sites is 1. The minimum absolute atomic E-state index is 0.0139. The van der Waals surface area contributed by atoms with Crippen LogP contribution < -0.4 is 4.74 Å². The van der Waals surface area contributed by atoms with Crippen molar-refractivity contribution in [1.82, 2.24) is 14.8 Å². The van der Waals surface area contributed by atoms with E-state index in [1.165, 1.54) is 37.0 Å². The summed E-state index contributed by atoms with van der Waals surface area (Å²) < 4.78 is 52.0. The third-order valence-corrected chi connectivity index (χ3v) is 7.04. The lowest BCUT2D eigenvalue weighted by Crippen LogP contribution is -2.55. The molecule has 190 valence electrons. The van der Waals surface area contributed by atoms with E-state index in [-0.39, 0.29) is 35.9 Å². The van der Waals surface area contributed by atoms with Gasteiger partial charge in [-0.25, -0.2) is 13.2 Å². The minimum atomic E-state index is -1.56. The van der Waals surface area contributed by atoms with Crippen LogP contribution in [0, 0.1) is 11.6 Å². The number of amides is 1. The molecule has 1 aromatic heterocycles. The predicted octanol–water partition coefficient (Wildman–Crippen LogP) is 5.31. The summed E-state index contributed by atoms with van der Waals surface area (Å²) in [6, 6.07) is 9.15. The number of fused-ring (bicyclic) bond motifs is 3. The van der Waals surface area contributed by atoms with Crippen molar-refractivity contribution in [3.63, 3.8) is 0 Å². The first-order valence-electron chi connectivity index (χ1n) is 12.2. The van der Waals surface area contributed by atoms with Crippen LogP contribution in [-0.2, 0) is 11.2 Å². The number of likely N-dealkylation sites (tertiary alicyclic amines) is 1. The third-order valence-electron chi connectivity index (χ3n) is 7.04. The van der Waals surface area contributed by atoms with E-state index < -0.39 is 23.3 Å². The molecular formula is C28H30F3N3O2. The number of nitrogens with zero attached hydrogens (tertiary/aromatic N) is 2. The van der Waals surface area contributed by atoms with Gasteiger partial charge in [-0.15, -0.1) is 0 Å². The zero-order chi connectivity index (χ0) is 25.8. The smallest absolute Gasteiger partial charge is 0.246 e. The first-order valence-corrected chi connectivity index (χ1v) is 12.2. The molecule has 5 nitrogen and oxygen atoms in total. The summed E-state index contributed by atoms with van der Waals surface area (Å²) in [6.07, 6.45) is 1.51. The van der Waals surface area contributed by atoms with Gasteiger partial charge < -0.3 is 14.6 Å². The summed E-state index contributed by atoms with van der Waals surface area (Å²) in [5.74, 6) is -1.66. The van der Waals surface area contributed by atoms with Crippen molar-refractivity contribution >= 4 is 16.8 Å². The number of H-pyrrole nitrogens is 1. The van der Waals surface area contributed by atoms with Gasteiger partial charge >= 0.3 is 0 Å². The molecule has 2 aliphatic rings. The average molecular weight is 498 g/mol. The molecular weight excluding hydrogens is 467 g/mol. The van der Waals surface area contributed by atoms with Crippen LogP contribution in [-0.4, -0.2) is 58.1 Å². The van der Waals surface area contributed by atoms with E-state index in [4.69, 9.17) is 4.74 Å². The first kappa shape index (κ1) is 24.4. The average Bonchev–Trinajstić information content (AvgIpc) is 3.14. The molecule has 1 amide bonds. The van der Waals surface area contributed by atoms with Gasteiger partial charge in [0.1, 0.15) is 29.2 Å². The van der Waals surface area contributed by atoms with Gasteiger partial charge in [0.25, 0.3) is 0 Å². The monoisotopic (exact) mass is 497 g/mol. The van der Waals surface area contributed by atoms with Gasteiger partial charge in [-0.3, -0.25) is 9.69 Å². The largest absolute Gasteiger partial charge is 0.487 e. The summed E-state index contributed by atoms with van der Waals surface area (Å²) >= 11 is 0. The lowest BCUT2D eigenvalue weighted by molar-refractivity contribution is -0.134. The predicted molar refractivity (Wildman–Crippen MR) is 133 cm³/mol. The zero-order valence-electron chi connectivity index (χ0n) is 20.7. The highest BCUT2D eigenvalue weighted by Crippen LogP contribution is 2.43. The second-order valence-electron chi connectivity index (χ2n) is 10.4. The van der Waals surface area contributed by atoms with Gasteiger partial charge in [0.05, 0.1) is 19.1 Å². The zero-order valence-corrected chi connectivity index (χ0v) is 20.7. The van der Waals surface area contributed by atoms with E-state index in [1.807, 2.05) is 36.1 Å². The molecule has 2 atom stereocenters. The number of aromatic amines is 1. The maximum atomic E-state index is 15.7. The highest BCUT2D eigenvalue weighted by Gasteiger charge is 2.41. The van der Waals surface area contributed by atoms with Crippen molar-refractivity contribution < 1.29 is 22.7 Å². The second kappa shape index (κ2) is 9.00. The van der Waals surface area contributed by atoms with Crippen LogP contribution in [0.2, 0.25) is 0 Å². The number of hydrogen-bond donors (Lipinski definition) is 1. The van der Waals surface area contributed by atoms with Crippen LogP contribution in [0.4, 0.5) is 13.2 Å². The van der Waals surface area contributed by atoms with Crippen molar-refractivity contribution in [3.05, 3.63) is 77.5 Å². The standard InChI is InChI=1S/C28H30F3N3O2/c1-5-24(35)33-13-18(14-33)36-17-11-21(29)25(22(30)12-17)27-26-20(19-8-6-7-9-23(19)32-26)10-16(2)34(27)15-28(3,4)31/h5-9,11-12,16,18,27,32H,1,10,13-15H2,2-4H3/t16-,27-/m1/s1. The third kappa shape index (κ3) is 4.39. The van der Waals surface area contributed by atoms with Gasteiger partial charge in [0.2, 0.25) is 5.91 Å². The summed E-state index contributed by atoms with van der Waals surface area (Å²) in [7, 11) is 0. The molecule has 0 saturated carbocycles. The number of nitrogens with one attached hydrogen (secondary N) is 1. The van der Waals surface area contributed by atoms with E-state index in [2.05, 4.69) is 11.6 Å². The number of halogens is 3. The Morgan fingerprint density at radius 2 is 1.89 bits per heavy atom. The molecule has 36 heavy (non-hydrogen) atoms. The summed E-state index contributed by atoms with van der Waals surface area (Å²) in [5.41, 5.74) is 0.859. The fourth-order valence-corrected chi connectivity index (χ4v) is 5.40. The van der Waals surface area contributed by atoms with Crippen molar-refractivity contribution in [3.8, 4) is 5.75 Å². The maximum absolute atomic E-state index is 15.7. The van der Waals surface area contributed by atoms with Crippen LogP contribution in [0.5, 0.6) is 5.75 Å². The van der Waals surface area contributed by atoms with Crippen molar-refractivity contribution in [2.24, 2.45) is 0 Å². The van der Waals surface area contributed by atoms with Gasteiger partial charge in [0.15, 0.2) is 0 Å². The van der Waals surface area contributed by atoms with Crippen LogP contribution in [0.25, 0.3) is 10.9 Å². The van der Waals surface area contributed by atoms with Gasteiger partial charge in [-0.05, 0) is 44.9 Å². The van der Waals surface area contributed by atoms with E-state index >= 15 is 8.78 Å². The second-order valence-corrected chi connectivity index (χ2v) is 10.4. The summed E-state index contributed by atoms with van der Waals surface area (Å²) in [6.45, 7) is 9.03. The Morgan fingerprint density at radius 1 is 1.22 bits per heavy atom. The molecule has 3 aromatic rings. The van der Waals surface area contributed by atoms with Gasteiger partial charge in [-0.1, -0.05) is 24.8 Å². The molecule has 0 spiro atoms. The number of carbonyl (C=O) groups excluding carboxylic acids is 1. The highest BCUT2D eigenvalue weighted by molar-refractivity contribution is 5.87. The Balaban J connectivity index is 1.53. The number of aromatic nitrogens is 1. The van der Waals surface area contributed by atoms with Crippen LogP contribution >= 0.6 is 0 Å². The van der Waals surface area contributed by atoms with Crippen LogP contribution in [0.3, 0.4) is 0 Å². The Morgan fingerprint density at radius 3 is 2.53 bits per heavy atom. The molecule has 1 saturated heterocycles. The topological polar surface area (TPSA) is 48.6 Å². The molecule has 0 radical (unpaired) electrons. The first-order chi connectivity index (χ1) is 17.1. The molecule has 0 aliphatic carbocycles. The Kier molecular flexibility index (Phi) is 6.11. The summed E-state index contributed by atoms with van der Waals surface area (Å²) in [4.78, 5) is 18.4. The lowest BCUT2D eigenvalue weighted by Gasteiger charge is -2.43. The van der Waals surface area contributed by atoms with E-state index in [9.17, 15) is 9.18 Å². The molecule has 2 aliphatic heterocycles. The summed E-state index contributed by atoms with van der Waals surface area (Å²) in [5, 5.41) is 1.01. The molecule has 1 fully saturated rings. The maximum Gasteiger partial charge on any atom is 0.246 e. The van der Waals surface area contributed by atoms with Gasteiger partial charge in [0, 0.05) is 46.9 Å². The number of alkyl halides is 1. The lowest BCUT2D eigenvalue weighted by atomic mass is 9.87. The molecule has 8 heteroatoms. The fourth-order valence-electron chi connectivity index (χ4n) is 5.40. The van der Waals surface area contributed by atoms with Crippen LogP contribution in [0.15, 0.2) is 49.1 Å². The Bertz CT molecular complexity index is 1300. The van der Waals surface area contributed by atoms with Gasteiger partial charge in [-0.2, -0.15) is 0 Å². The molecule has 2 aromatic carbocycles. The number of benzene rings is 2. The number of ether oxygens (including phenoxy) is 1. The number of hydrogen-bond acceptors (Lipinski definition) is 3. The normalized spacial score (nSPS) is 20.8. The molecule has 1 N–H and O–H groups in total. The number of rotatable bonds is 6. The van der Waals surface area contributed by atoms with Crippen molar-refractivity contribution in [2.75, 3.05) is 19.6 Å². The Labute approximate surface area is 208 Å². The Hall–Kier alpha value is -3.26. The minimum Gasteiger partial charge on any atom is -0.487 e. The SMILES string of the molecule is C=CC(=O)N1CC(Oc2cc(F)c([C@@H]3c4[nH]c5ccccc5c4C[C@@H](C)N3CC(C)(C)F)c(F)c2)C1. The molecule has 5 rings (SSSR count). The molecule has 0 unspecified atom stereocenters. The van der Waals surface area contributed by atoms with Crippen molar-refractivity contribution in [1.29, 1.82) is 0 Å². The van der Waals surface area contributed by atoms with Crippen molar-refractivity contribution in [2.45, 2.75) is 51.0 Å². The van der Waals surface area contributed by atoms with E-state index in [1.54, 1.807) is 0 Å². The van der Waals surface area contributed by atoms with E-state index in [0.717, 1.165) is 16.5 Å².